The van der Waals surface area contributed by atoms with Crippen molar-refractivity contribution in [3.05, 3.63) is 28.3 Å². The topological polar surface area (TPSA) is 58.2 Å². The van der Waals surface area contributed by atoms with Crippen LogP contribution < -0.4 is 10.0 Å². The van der Waals surface area contributed by atoms with Gasteiger partial charge in [0.15, 0.2) is 0 Å². The van der Waals surface area contributed by atoms with Gasteiger partial charge in [0, 0.05) is 17.1 Å². The highest BCUT2D eigenvalue weighted by molar-refractivity contribution is 7.89. The normalized spacial score (nSPS) is 17.2. The van der Waals surface area contributed by atoms with Gasteiger partial charge in [0.1, 0.15) is 0 Å². The maximum atomic E-state index is 12.5. The Bertz CT molecular complexity index is 610. The summed E-state index contributed by atoms with van der Waals surface area (Å²) in [5, 5.41) is 3.65. The van der Waals surface area contributed by atoms with E-state index in [2.05, 4.69) is 10.0 Å². The lowest BCUT2D eigenvalue weighted by atomic mass is 10.1. The standard InChI is InChI=1S/C14H21ClN2O2S/c1-4-16-9-11-7-12(15)8-13(10(11)2)20(18,19)17-14(3)5-6-14/h7-8,16-17H,4-6,9H2,1-3H3. The average Bonchev–Trinajstić information content (AvgIpc) is 3.06. The highest BCUT2D eigenvalue weighted by atomic mass is 35.5. The minimum Gasteiger partial charge on any atom is -0.313 e. The minimum absolute atomic E-state index is 0.282. The first-order chi connectivity index (χ1) is 9.27. The molecule has 0 bridgehead atoms. The van der Waals surface area contributed by atoms with Crippen molar-refractivity contribution in [2.24, 2.45) is 0 Å². The summed E-state index contributed by atoms with van der Waals surface area (Å²) in [6, 6.07) is 3.35. The highest BCUT2D eigenvalue weighted by Crippen LogP contribution is 2.36. The van der Waals surface area contributed by atoms with E-state index in [9.17, 15) is 8.42 Å². The lowest BCUT2D eigenvalue weighted by Gasteiger charge is -2.16. The molecule has 0 unspecified atom stereocenters. The Morgan fingerprint density at radius 2 is 2.00 bits per heavy atom. The largest absolute Gasteiger partial charge is 0.313 e. The molecule has 0 heterocycles. The van der Waals surface area contributed by atoms with Crippen molar-refractivity contribution in [3.63, 3.8) is 0 Å². The van der Waals surface area contributed by atoms with Gasteiger partial charge in [-0.1, -0.05) is 18.5 Å². The molecule has 1 aliphatic carbocycles. The van der Waals surface area contributed by atoms with E-state index in [1.165, 1.54) is 6.07 Å². The Balaban J connectivity index is 2.37. The summed E-state index contributed by atoms with van der Waals surface area (Å²) >= 11 is 6.07. The van der Waals surface area contributed by atoms with Gasteiger partial charge in [0.25, 0.3) is 0 Å². The zero-order valence-electron chi connectivity index (χ0n) is 12.1. The molecule has 4 nitrogen and oxygen atoms in total. The van der Waals surface area contributed by atoms with E-state index in [0.29, 0.717) is 11.6 Å². The van der Waals surface area contributed by atoms with E-state index in [-0.39, 0.29) is 10.4 Å². The third kappa shape index (κ3) is 3.52. The smallest absolute Gasteiger partial charge is 0.241 e. The number of rotatable bonds is 6. The first-order valence-corrected chi connectivity index (χ1v) is 8.67. The lowest BCUT2D eigenvalue weighted by molar-refractivity contribution is 0.557. The molecule has 0 aliphatic heterocycles. The molecule has 2 rings (SSSR count). The number of halogens is 1. The van der Waals surface area contributed by atoms with Crippen molar-refractivity contribution < 1.29 is 8.42 Å². The molecular formula is C14H21ClN2O2S. The van der Waals surface area contributed by atoms with Gasteiger partial charge in [0.2, 0.25) is 10.0 Å². The van der Waals surface area contributed by atoms with Gasteiger partial charge in [-0.2, -0.15) is 0 Å². The van der Waals surface area contributed by atoms with Crippen LogP contribution in [-0.4, -0.2) is 20.5 Å². The molecule has 1 fully saturated rings. The first-order valence-electron chi connectivity index (χ1n) is 6.81. The molecule has 2 N–H and O–H groups in total. The average molecular weight is 317 g/mol. The Kier molecular flexibility index (Phi) is 4.44. The van der Waals surface area contributed by atoms with Gasteiger partial charge in [-0.15, -0.1) is 0 Å². The molecule has 0 spiro atoms. The predicted octanol–water partition coefficient (Wildman–Crippen LogP) is 2.59. The summed E-state index contributed by atoms with van der Waals surface area (Å²) in [5.41, 5.74) is 1.39. The van der Waals surface area contributed by atoms with Crippen LogP contribution in [0.3, 0.4) is 0 Å². The third-order valence-electron chi connectivity index (χ3n) is 3.67. The maximum absolute atomic E-state index is 12.5. The quantitative estimate of drug-likeness (QED) is 0.848. The van der Waals surface area contributed by atoms with Crippen LogP contribution in [0.15, 0.2) is 17.0 Å². The van der Waals surface area contributed by atoms with Crippen molar-refractivity contribution in [2.45, 2.75) is 50.6 Å². The zero-order chi connectivity index (χ0) is 15.0. The summed E-state index contributed by atoms with van der Waals surface area (Å²) in [6.45, 7) is 7.19. The summed E-state index contributed by atoms with van der Waals surface area (Å²) in [7, 11) is -3.52. The lowest BCUT2D eigenvalue weighted by Crippen LogP contribution is -2.34. The summed E-state index contributed by atoms with van der Waals surface area (Å²) < 4.78 is 27.8. The van der Waals surface area contributed by atoms with Crippen LogP contribution in [0, 0.1) is 6.92 Å². The predicted molar refractivity (Wildman–Crippen MR) is 81.5 cm³/mol. The van der Waals surface area contributed by atoms with Crippen molar-refractivity contribution in [1.82, 2.24) is 10.0 Å². The Hall–Kier alpha value is -0.620. The van der Waals surface area contributed by atoms with Gasteiger partial charge in [-0.25, -0.2) is 13.1 Å². The Morgan fingerprint density at radius 1 is 1.35 bits per heavy atom. The third-order valence-corrected chi connectivity index (χ3v) is 5.65. The van der Waals surface area contributed by atoms with Gasteiger partial charge < -0.3 is 5.32 Å². The second kappa shape index (κ2) is 5.64. The van der Waals surface area contributed by atoms with E-state index >= 15 is 0 Å². The molecule has 0 radical (unpaired) electrons. The van der Waals surface area contributed by atoms with Crippen molar-refractivity contribution in [2.75, 3.05) is 6.54 Å². The van der Waals surface area contributed by atoms with Crippen molar-refractivity contribution in [1.29, 1.82) is 0 Å². The van der Waals surface area contributed by atoms with Gasteiger partial charge >= 0.3 is 0 Å². The van der Waals surface area contributed by atoms with E-state index in [1.807, 2.05) is 26.8 Å². The monoisotopic (exact) mass is 316 g/mol. The first kappa shape index (κ1) is 15.8. The van der Waals surface area contributed by atoms with Crippen LogP contribution in [0.4, 0.5) is 0 Å². The second-order valence-electron chi connectivity index (χ2n) is 5.63. The Morgan fingerprint density at radius 3 is 2.55 bits per heavy atom. The van der Waals surface area contributed by atoms with E-state index in [1.54, 1.807) is 0 Å². The van der Waals surface area contributed by atoms with Crippen LogP contribution >= 0.6 is 11.6 Å². The number of hydrogen-bond acceptors (Lipinski definition) is 3. The second-order valence-corrected chi connectivity index (χ2v) is 7.72. The fourth-order valence-corrected chi connectivity index (χ4v) is 4.18. The SMILES string of the molecule is CCNCc1cc(Cl)cc(S(=O)(=O)NC2(C)CC2)c1C. The fourth-order valence-electron chi connectivity index (χ4n) is 2.10. The van der Waals surface area contributed by atoms with Crippen LogP contribution in [0.25, 0.3) is 0 Å². The van der Waals surface area contributed by atoms with Gasteiger partial charge in [0.05, 0.1) is 4.90 Å². The molecule has 1 aromatic rings. The van der Waals surface area contributed by atoms with Crippen LogP contribution in [0.5, 0.6) is 0 Å². The molecule has 1 aromatic carbocycles. The summed E-state index contributed by atoms with van der Waals surface area (Å²) in [5.74, 6) is 0. The van der Waals surface area contributed by atoms with Crippen molar-refractivity contribution >= 4 is 21.6 Å². The molecule has 0 amide bonds. The van der Waals surface area contributed by atoms with E-state index in [4.69, 9.17) is 11.6 Å². The van der Waals surface area contributed by atoms with Crippen LogP contribution in [-0.2, 0) is 16.6 Å². The Labute approximate surface area is 126 Å². The van der Waals surface area contributed by atoms with Gasteiger partial charge in [-0.05, 0) is 56.5 Å². The molecule has 1 aliphatic rings. The molecular weight excluding hydrogens is 296 g/mol. The van der Waals surface area contributed by atoms with Crippen molar-refractivity contribution in [3.8, 4) is 0 Å². The molecule has 1 saturated carbocycles. The van der Waals surface area contributed by atoms with Crippen LogP contribution in [0.1, 0.15) is 37.8 Å². The zero-order valence-corrected chi connectivity index (χ0v) is 13.7. The highest BCUT2D eigenvalue weighted by Gasteiger charge is 2.41. The minimum atomic E-state index is -3.52. The molecule has 0 aromatic heterocycles. The fraction of sp³-hybridized carbons (Fsp3) is 0.571. The number of nitrogens with one attached hydrogen (secondary N) is 2. The summed E-state index contributed by atoms with van der Waals surface area (Å²) in [4.78, 5) is 0.283. The number of sulfonamides is 1. The summed E-state index contributed by atoms with van der Waals surface area (Å²) in [6.07, 6.45) is 1.77. The maximum Gasteiger partial charge on any atom is 0.241 e. The van der Waals surface area contributed by atoms with Gasteiger partial charge in [-0.3, -0.25) is 0 Å². The molecule has 6 heteroatoms. The van der Waals surface area contributed by atoms with Crippen LogP contribution in [0.2, 0.25) is 5.02 Å². The van der Waals surface area contributed by atoms with E-state index < -0.39 is 10.0 Å². The number of benzene rings is 1. The molecule has 0 saturated heterocycles. The number of hydrogen-bond donors (Lipinski definition) is 2. The molecule has 20 heavy (non-hydrogen) atoms. The molecule has 112 valence electrons. The van der Waals surface area contributed by atoms with E-state index in [0.717, 1.165) is 30.5 Å². The molecule has 0 atom stereocenters.